The van der Waals surface area contributed by atoms with Gasteiger partial charge >= 0.3 is 0 Å². The third-order valence-electron chi connectivity index (χ3n) is 3.73. The van der Waals surface area contributed by atoms with E-state index in [0.29, 0.717) is 25.0 Å². The minimum Gasteiger partial charge on any atom is -0.393 e. The Kier molecular flexibility index (Phi) is 4.32. The SMILES string of the molecule is CCC1CN(C(=O)c2c(F)cc(F)cc2F)CCC1O. The Morgan fingerprint density at radius 1 is 1.35 bits per heavy atom. The van der Waals surface area contributed by atoms with Gasteiger partial charge in [0.1, 0.15) is 23.0 Å². The summed E-state index contributed by atoms with van der Waals surface area (Å²) in [4.78, 5) is 13.5. The van der Waals surface area contributed by atoms with Gasteiger partial charge in [0.05, 0.1) is 6.10 Å². The number of likely N-dealkylation sites (tertiary alicyclic amines) is 1. The van der Waals surface area contributed by atoms with Crippen molar-refractivity contribution in [1.82, 2.24) is 4.90 Å². The molecule has 2 atom stereocenters. The van der Waals surface area contributed by atoms with Crippen LogP contribution in [0, 0.1) is 23.4 Å². The summed E-state index contributed by atoms with van der Waals surface area (Å²) in [6, 6.07) is 0.985. The summed E-state index contributed by atoms with van der Waals surface area (Å²) >= 11 is 0. The second-order valence-electron chi connectivity index (χ2n) is 5.02. The summed E-state index contributed by atoms with van der Waals surface area (Å²) in [6.45, 7) is 2.35. The number of benzene rings is 1. The number of carbonyl (C=O) groups is 1. The molecular formula is C14H16F3NO2. The molecule has 1 N–H and O–H groups in total. The summed E-state index contributed by atoms with van der Waals surface area (Å²) in [5, 5.41) is 9.75. The first-order chi connectivity index (χ1) is 9.43. The number of rotatable bonds is 2. The van der Waals surface area contributed by atoms with Gasteiger partial charge in [0.25, 0.3) is 5.91 Å². The molecule has 1 amide bonds. The summed E-state index contributed by atoms with van der Waals surface area (Å²) in [7, 11) is 0. The predicted octanol–water partition coefficient (Wildman–Crippen LogP) is 2.34. The number of piperidine rings is 1. The van der Waals surface area contributed by atoms with E-state index in [9.17, 15) is 23.1 Å². The Balaban J connectivity index is 2.24. The summed E-state index contributed by atoms with van der Waals surface area (Å²) in [5.41, 5.74) is -0.738. The average Bonchev–Trinajstić information content (AvgIpc) is 2.37. The van der Waals surface area contributed by atoms with E-state index in [0.717, 1.165) is 0 Å². The molecular weight excluding hydrogens is 271 g/mol. The van der Waals surface area contributed by atoms with Crippen molar-refractivity contribution < 1.29 is 23.1 Å². The van der Waals surface area contributed by atoms with Gasteiger partial charge < -0.3 is 10.0 Å². The zero-order valence-electron chi connectivity index (χ0n) is 11.1. The smallest absolute Gasteiger partial charge is 0.259 e. The number of halogens is 3. The molecule has 3 nitrogen and oxygen atoms in total. The maximum atomic E-state index is 13.6. The monoisotopic (exact) mass is 287 g/mol. The summed E-state index contributed by atoms with van der Waals surface area (Å²) < 4.78 is 40.0. The number of carbonyl (C=O) groups excluding carboxylic acids is 1. The average molecular weight is 287 g/mol. The van der Waals surface area contributed by atoms with Crippen molar-refractivity contribution in [2.24, 2.45) is 5.92 Å². The Labute approximate surface area is 115 Å². The number of nitrogens with zero attached hydrogens (tertiary/aromatic N) is 1. The fourth-order valence-electron chi connectivity index (χ4n) is 2.51. The van der Waals surface area contributed by atoms with Crippen LogP contribution >= 0.6 is 0 Å². The number of hydrogen-bond donors (Lipinski definition) is 1. The van der Waals surface area contributed by atoms with Crippen LogP contribution < -0.4 is 0 Å². The highest BCUT2D eigenvalue weighted by Gasteiger charge is 2.32. The molecule has 0 spiro atoms. The lowest BCUT2D eigenvalue weighted by Crippen LogP contribution is -2.46. The molecule has 1 aromatic rings. The van der Waals surface area contributed by atoms with E-state index in [1.165, 1.54) is 4.90 Å². The van der Waals surface area contributed by atoms with Crippen molar-refractivity contribution >= 4 is 5.91 Å². The second-order valence-corrected chi connectivity index (χ2v) is 5.02. The van der Waals surface area contributed by atoms with Gasteiger partial charge in [0.15, 0.2) is 0 Å². The minimum absolute atomic E-state index is 0.112. The predicted molar refractivity (Wildman–Crippen MR) is 66.6 cm³/mol. The first-order valence-corrected chi connectivity index (χ1v) is 6.56. The highest BCUT2D eigenvalue weighted by atomic mass is 19.1. The summed E-state index contributed by atoms with van der Waals surface area (Å²) in [5.74, 6) is -4.37. The third kappa shape index (κ3) is 2.80. The Bertz CT molecular complexity index is 498. The lowest BCUT2D eigenvalue weighted by molar-refractivity contribution is 0.0224. The van der Waals surface area contributed by atoms with Crippen LogP contribution in [0.15, 0.2) is 12.1 Å². The number of aliphatic hydroxyl groups is 1. The molecule has 0 radical (unpaired) electrons. The normalized spacial score (nSPS) is 22.9. The maximum absolute atomic E-state index is 13.6. The zero-order chi connectivity index (χ0) is 14.9. The Hall–Kier alpha value is -1.56. The van der Waals surface area contributed by atoms with Crippen LogP contribution in [0.25, 0.3) is 0 Å². The van der Waals surface area contributed by atoms with Crippen LogP contribution in [0.1, 0.15) is 30.1 Å². The zero-order valence-corrected chi connectivity index (χ0v) is 11.1. The molecule has 1 aliphatic heterocycles. The van der Waals surface area contributed by atoms with Crippen LogP contribution in [-0.4, -0.2) is 35.1 Å². The van der Waals surface area contributed by atoms with Crippen LogP contribution in [0.5, 0.6) is 0 Å². The fourth-order valence-corrected chi connectivity index (χ4v) is 2.51. The maximum Gasteiger partial charge on any atom is 0.259 e. The first-order valence-electron chi connectivity index (χ1n) is 6.56. The van der Waals surface area contributed by atoms with Gasteiger partial charge in [-0.25, -0.2) is 13.2 Å². The van der Waals surface area contributed by atoms with Crippen molar-refractivity contribution in [3.05, 3.63) is 35.1 Å². The van der Waals surface area contributed by atoms with Crippen LogP contribution in [0.2, 0.25) is 0 Å². The molecule has 0 saturated carbocycles. The third-order valence-corrected chi connectivity index (χ3v) is 3.73. The number of hydrogen-bond acceptors (Lipinski definition) is 2. The van der Waals surface area contributed by atoms with Crippen LogP contribution in [-0.2, 0) is 0 Å². The molecule has 0 aromatic heterocycles. The number of amides is 1. The van der Waals surface area contributed by atoms with Crippen LogP contribution in [0.4, 0.5) is 13.2 Å². The molecule has 2 rings (SSSR count). The molecule has 2 unspecified atom stereocenters. The second kappa shape index (κ2) is 5.83. The van der Waals surface area contributed by atoms with Gasteiger partial charge in [-0.05, 0) is 12.8 Å². The molecule has 1 saturated heterocycles. The van der Waals surface area contributed by atoms with E-state index in [4.69, 9.17) is 0 Å². The molecule has 1 fully saturated rings. The van der Waals surface area contributed by atoms with E-state index in [2.05, 4.69) is 0 Å². The molecule has 0 aliphatic carbocycles. The molecule has 20 heavy (non-hydrogen) atoms. The van der Waals surface area contributed by atoms with Gasteiger partial charge in [0.2, 0.25) is 0 Å². The highest BCUT2D eigenvalue weighted by Crippen LogP contribution is 2.23. The van der Waals surface area contributed by atoms with Gasteiger partial charge in [0, 0.05) is 31.1 Å². The Morgan fingerprint density at radius 3 is 2.50 bits per heavy atom. The van der Waals surface area contributed by atoms with Crippen LogP contribution in [0.3, 0.4) is 0 Å². The van der Waals surface area contributed by atoms with E-state index < -0.39 is 35.0 Å². The topological polar surface area (TPSA) is 40.5 Å². The highest BCUT2D eigenvalue weighted by molar-refractivity contribution is 5.94. The quantitative estimate of drug-likeness (QED) is 0.907. The molecule has 1 aromatic carbocycles. The van der Waals surface area contributed by atoms with Gasteiger partial charge in [-0.15, -0.1) is 0 Å². The van der Waals surface area contributed by atoms with Crippen molar-refractivity contribution in [1.29, 1.82) is 0 Å². The Morgan fingerprint density at radius 2 is 1.95 bits per heavy atom. The molecule has 1 aliphatic rings. The lowest BCUT2D eigenvalue weighted by atomic mass is 9.92. The molecule has 1 heterocycles. The van der Waals surface area contributed by atoms with Gasteiger partial charge in [-0.2, -0.15) is 0 Å². The minimum atomic E-state index is -1.20. The fraction of sp³-hybridized carbons (Fsp3) is 0.500. The molecule has 0 bridgehead atoms. The first kappa shape index (κ1) is 14.8. The summed E-state index contributed by atoms with van der Waals surface area (Å²) in [6.07, 6.45) is 0.528. The van der Waals surface area contributed by atoms with Crippen molar-refractivity contribution in [2.75, 3.05) is 13.1 Å². The molecule has 6 heteroatoms. The standard InChI is InChI=1S/C14H16F3NO2/c1-2-8-7-18(4-3-12(8)19)14(20)13-10(16)5-9(15)6-11(13)17/h5-6,8,12,19H,2-4,7H2,1H3. The molecule has 110 valence electrons. The van der Waals surface area contributed by atoms with E-state index >= 15 is 0 Å². The van der Waals surface area contributed by atoms with Crippen molar-refractivity contribution in [3.63, 3.8) is 0 Å². The van der Waals surface area contributed by atoms with Gasteiger partial charge in [-0.1, -0.05) is 6.92 Å². The van der Waals surface area contributed by atoms with E-state index in [1.54, 1.807) is 0 Å². The van der Waals surface area contributed by atoms with Gasteiger partial charge in [-0.3, -0.25) is 4.79 Å². The van der Waals surface area contributed by atoms with Crippen molar-refractivity contribution in [2.45, 2.75) is 25.9 Å². The number of aliphatic hydroxyl groups excluding tert-OH is 1. The van der Waals surface area contributed by atoms with Crippen molar-refractivity contribution in [3.8, 4) is 0 Å². The van der Waals surface area contributed by atoms with E-state index in [-0.39, 0.29) is 19.0 Å². The van der Waals surface area contributed by atoms with E-state index in [1.807, 2.05) is 6.92 Å². The lowest BCUT2D eigenvalue weighted by Gasteiger charge is -2.35. The largest absolute Gasteiger partial charge is 0.393 e.